The van der Waals surface area contributed by atoms with Gasteiger partial charge in [-0.1, -0.05) is 36.1 Å². The summed E-state index contributed by atoms with van der Waals surface area (Å²) in [4.78, 5) is 26.7. The van der Waals surface area contributed by atoms with Crippen molar-refractivity contribution in [2.45, 2.75) is 13.0 Å². The fourth-order valence-corrected chi connectivity index (χ4v) is 3.36. The number of aliphatic carboxylic acids is 1. The number of benzene rings is 1. The Hall–Kier alpha value is -1.86. The predicted octanol–water partition coefficient (Wildman–Crippen LogP) is 1.09. The Morgan fingerprint density at radius 2 is 1.95 bits per heavy atom. The largest absolute Gasteiger partial charge is 0.548 e. The number of rotatable bonds is 4. The molecule has 7 heteroatoms. The normalized spacial score (nSPS) is 18.0. The first-order valence-electron chi connectivity index (χ1n) is 6.56. The molecule has 1 amide bonds. The standard InChI is InChI=1S/C15H16N2O3S2/c1-9(14(19)20)17-13(18)12(22-15(17)21)8-10-4-6-11(7-5-10)16(2)3/h4-9H,1-3H3,(H,19,20)/p-1/b12-8-/t9-/m0/s1. The fourth-order valence-electron chi connectivity index (χ4n) is 1.94. The van der Waals surface area contributed by atoms with Crippen LogP contribution in [-0.4, -0.2) is 41.2 Å². The Balaban J connectivity index is 2.24. The first-order chi connectivity index (χ1) is 10.3. The van der Waals surface area contributed by atoms with E-state index in [-0.39, 0.29) is 4.32 Å². The summed E-state index contributed by atoms with van der Waals surface area (Å²) in [6, 6.07) is 6.59. The number of nitrogens with zero attached hydrogens (tertiary/aromatic N) is 2. The number of carbonyl (C=O) groups is 2. The molecule has 1 aliphatic rings. The van der Waals surface area contributed by atoms with E-state index in [1.807, 2.05) is 43.3 Å². The van der Waals surface area contributed by atoms with E-state index < -0.39 is 17.9 Å². The molecule has 2 rings (SSSR count). The van der Waals surface area contributed by atoms with Crippen molar-refractivity contribution >= 4 is 51.9 Å². The summed E-state index contributed by atoms with van der Waals surface area (Å²) < 4.78 is 0.234. The van der Waals surface area contributed by atoms with Gasteiger partial charge in [-0.3, -0.25) is 9.69 Å². The van der Waals surface area contributed by atoms with Crippen molar-refractivity contribution in [1.82, 2.24) is 4.90 Å². The van der Waals surface area contributed by atoms with Crippen LogP contribution in [0, 0.1) is 0 Å². The van der Waals surface area contributed by atoms with Gasteiger partial charge in [-0.2, -0.15) is 0 Å². The number of carboxylic acids is 1. The van der Waals surface area contributed by atoms with Gasteiger partial charge >= 0.3 is 0 Å². The number of thioether (sulfide) groups is 1. The predicted molar refractivity (Wildman–Crippen MR) is 90.3 cm³/mol. The molecule has 1 aromatic rings. The minimum Gasteiger partial charge on any atom is -0.548 e. The average molecular weight is 335 g/mol. The fraction of sp³-hybridized carbons (Fsp3) is 0.267. The molecular formula is C15H15N2O3S2-. The molecule has 5 nitrogen and oxygen atoms in total. The van der Waals surface area contributed by atoms with Crippen molar-refractivity contribution in [1.29, 1.82) is 0 Å². The minimum atomic E-state index is -1.33. The van der Waals surface area contributed by atoms with Crippen molar-refractivity contribution in [3.63, 3.8) is 0 Å². The van der Waals surface area contributed by atoms with Gasteiger partial charge in [-0.05, 0) is 30.7 Å². The Bertz CT molecular complexity index is 653. The van der Waals surface area contributed by atoms with Crippen LogP contribution in [0.5, 0.6) is 0 Å². The molecule has 1 saturated heterocycles. The molecule has 1 atom stereocenters. The van der Waals surface area contributed by atoms with Crippen molar-refractivity contribution in [2.75, 3.05) is 19.0 Å². The van der Waals surface area contributed by atoms with Crippen molar-refractivity contribution < 1.29 is 14.7 Å². The molecule has 1 heterocycles. The van der Waals surface area contributed by atoms with Gasteiger partial charge in [0.25, 0.3) is 5.91 Å². The van der Waals surface area contributed by atoms with Crippen LogP contribution in [0.1, 0.15) is 12.5 Å². The van der Waals surface area contributed by atoms with Crippen LogP contribution in [-0.2, 0) is 9.59 Å². The molecule has 22 heavy (non-hydrogen) atoms. The maximum absolute atomic E-state index is 12.3. The lowest BCUT2D eigenvalue weighted by atomic mass is 10.2. The van der Waals surface area contributed by atoms with Crippen LogP contribution in [0.15, 0.2) is 29.2 Å². The number of hydrogen-bond acceptors (Lipinski definition) is 6. The van der Waals surface area contributed by atoms with Crippen molar-refractivity contribution in [3.05, 3.63) is 34.7 Å². The van der Waals surface area contributed by atoms with E-state index in [1.54, 1.807) is 6.08 Å². The number of carboxylic acid groups (broad SMARTS) is 1. The highest BCUT2D eigenvalue weighted by atomic mass is 32.2. The maximum atomic E-state index is 12.3. The van der Waals surface area contributed by atoms with Gasteiger partial charge < -0.3 is 14.8 Å². The first kappa shape index (κ1) is 16.5. The lowest BCUT2D eigenvalue weighted by Crippen LogP contribution is -2.48. The monoisotopic (exact) mass is 335 g/mol. The Kier molecular flexibility index (Phi) is 4.87. The van der Waals surface area contributed by atoms with Gasteiger partial charge in [-0.15, -0.1) is 0 Å². The highest BCUT2D eigenvalue weighted by Crippen LogP contribution is 2.34. The van der Waals surface area contributed by atoms with Crippen LogP contribution in [0.25, 0.3) is 6.08 Å². The van der Waals surface area contributed by atoms with Crippen LogP contribution in [0.4, 0.5) is 5.69 Å². The zero-order chi connectivity index (χ0) is 16.4. The summed E-state index contributed by atoms with van der Waals surface area (Å²) in [6.45, 7) is 1.38. The van der Waals surface area contributed by atoms with Gasteiger partial charge in [0.05, 0.1) is 16.9 Å². The molecule has 1 aliphatic heterocycles. The number of anilines is 1. The van der Waals surface area contributed by atoms with E-state index in [4.69, 9.17) is 12.2 Å². The number of carbonyl (C=O) groups excluding carboxylic acids is 2. The van der Waals surface area contributed by atoms with Gasteiger partial charge in [0.1, 0.15) is 4.32 Å². The molecule has 0 spiro atoms. The van der Waals surface area contributed by atoms with Crippen molar-refractivity contribution in [2.24, 2.45) is 0 Å². The highest BCUT2D eigenvalue weighted by Gasteiger charge is 2.35. The third-order valence-corrected chi connectivity index (χ3v) is 4.59. The summed E-state index contributed by atoms with van der Waals surface area (Å²) in [5.41, 5.74) is 1.91. The Labute approximate surface area is 138 Å². The van der Waals surface area contributed by atoms with E-state index in [0.717, 1.165) is 27.9 Å². The zero-order valence-corrected chi connectivity index (χ0v) is 14.0. The van der Waals surface area contributed by atoms with Gasteiger partial charge in [0.15, 0.2) is 0 Å². The van der Waals surface area contributed by atoms with E-state index in [2.05, 4.69) is 0 Å². The molecule has 0 unspecified atom stereocenters. The molecule has 0 radical (unpaired) electrons. The third kappa shape index (κ3) is 3.31. The Morgan fingerprint density at radius 1 is 1.36 bits per heavy atom. The molecule has 0 aromatic heterocycles. The molecule has 0 N–H and O–H groups in total. The molecule has 0 bridgehead atoms. The molecule has 1 fully saturated rings. The molecule has 0 saturated carbocycles. The van der Waals surface area contributed by atoms with Crippen molar-refractivity contribution in [3.8, 4) is 0 Å². The van der Waals surface area contributed by atoms with Gasteiger partial charge in [0, 0.05) is 19.8 Å². The number of amides is 1. The quantitative estimate of drug-likeness (QED) is 0.606. The second kappa shape index (κ2) is 6.50. The van der Waals surface area contributed by atoms with Gasteiger partial charge in [-0.25, -0.2) is 0 Å². The third-order valence-electron chi connectivity index (χ3n) is 3.26. The zero-order valence-electron chi connectivity index (χ0n) is 12.4. The van der Waals surface area contributed by atoms with Crippen LogP contribution >= 0.6 is 24.0 Å². The van der Waals surface area contributed by atoms with E-state index in [1.165, 1.54) is 6.92 Å². The number of hydrogen-bond donors (Lipinski definition) is 0. The molecule has 1 aromatic carbocycles. The minimum absolute atomic E-state index is 0.234. The summed E-state index contributed by atoms with van der Waals surface area (Å²) in [5, 5.41) is 10.9. The summed E-state index contributed by atoms with van der Waals surface area (Å²) in [6.07, 6.45) is 1.71. The maximum Gasteiger partial charge on any atom is 0.266 e. The van der Waals surface area contributed by atoms with Crippen LogP contribution in [0.2, 0.25) is 0 Å². The summed E-state index contributed by atoms with van der Waals surface area (Å²) in [5.74, 6) is -1.73. The van der Waals surface area contributed by atoms with Crippen LogP contribution < -0.4 is 10.0 Å². The number of thiocarbonyl (C=S) groups is 1. The highest BCUT2D eigenvalue weighted by molar-refractivity contribution is 8.26. The summed E-state index contributed by atoms with van der Waals surface area (Å²) in [7, 11) is 3.89. The smallest absolute Gasteiger partial charge is 0.266 e. The molecular weight excluding hydrogens is 320 g/mol. The second-order valence-corrected chi connectivity index (χ2v) is 6.71. The summed E-state index contributed by atoms with van der Waals surface area (Å²) >= 11 is 6.19. The van der Waals surface area contributed by atoms with Gasteiger partial charge in [0.2, 0.25) is 0 Å². The topological polar surface area (TPSA) is 63.7 Å². The average Bonchev–Trinajstić information content (AvgIpc) is 2.73. The van der Waals surface area contributed by atoms with E-state index in [9.17, 15) is 14.7 Å². The van der Waals surface area contributed by atoms with E-state index in [0.29, 0.717) is 4.91 Å². The van der Waals surface area contributed by atoms with E-state index >= 15 is 0 Å². The SMILES string of the molecule is C[C@@H](C(=O)[O-])N1C(=O)/C(=C/c2ccc(N(C)C)cc2)SC1=S. The molecule has 116 valence electrons. The first-order valence-corrected chi connectivity index (χ1v) is 7.79. The second-order valence-electron chi connectivity index (χ2n) is 5.03. The van der Waals surface area contributed by atoms with Crippen LogP contribution in [0.3, 0.4) is 0 Å². The Morgan fingerprint density at radius 3 is 2.45 bits per heavy atom. The lowest BCUT2D eigenvalue weighted by Gasteiger charge is -2.23. The molecule has 0 aliphatic carbocycles. The lowest BCUT2D eigenvalue weighted by molar-refractivity contribution is -0.309.